The Kier molecular flexibility index (Phi) is 6.34. The van der Waals surface area contributed by atoms with Gasteiger partial charge in [-0.05, 0) is 45.3 Å². The molecule has 7 heteroatoms. The van der Waals surface area contributed by atoms with Crippen LogP contribution in [0.5, 0.6) is 5.75 Å². The molecular formula is C17H13BrN2O4. The molecule has 2 rings (SSSR count). The van der Waals surface area contributed by atoms with Crippen LogP contribution in [0.1, 0.15) is 11.1 Å². The molecule has 0 N–H and O–H groups in total. The third kappa shape index (κ3) is 5.11. The molecule has 0 aromatic heterocycles. The molecule has 6 nitrogen and oxygen atoms in total. The largest absolute Gasteiger partial charge is 0.480 e. The minimum atomic E-state index is -0.450. The van der Waals surface area contributed by atoms with E-state index in [1.807, 2.05) is 6.07 Å². The zero-order valence-corrected chi connectivity index (χ0v) is 14.1. The molecule has 0 radical (unpaired) electrons. The van der Waals surface area contributed by atoms with Crippen LogP contribution in [0, 0.1) is 22.5 Å². The first-order valence-corrected chi connectivity index (χ1v) is 7.64. The molecule has 0 aliphatic carbocycles. The Balaban J connectivity index is 1.92. The quantitative estimate of drug-likeness (QED) is 0.311. The van der Waals surface area contributed by atoms with Crippen molar-refractivity contribution in [2.24, 2.45) is 5.16 Å². The maximum absolute atomic E-state index is 10.7. The number of non-ortho nitro benzene ring substituents is 1. The third-order valence-corrected chi connectivity index (χ3v) is 3.52. The van der Waals surface area contributed by atoms with Crippen molar-refractivity contribution in [3.05, 3.63) is 68.2 Å². The van der Waals surface area contributed by atoms with Gasteiger partial charge >= 0.3 is 0 Å². The van der Waals surface area contributed by atoms with Gasteiger partial charge in [0.15, 0.2) is 0 Å². The van der Waals surface area contributed by atoms with Gasteiger partial charge in [0.25, 0.3) is 5.69 Å². The van der Waals surface area contributed by atoms with E-state index in [9.17, 15) is 10.1 Å². The maximum Gasteiger partial charge on any atom is 0.269 e. The predicted molar refractivity (Wildman–Crippen MR) is 93.9 cm³/mol. The zero-order chi connectivity index (χ0) is 17.4. The minimum absolute atomic E-state index is 0.0200. The second-order valence-corrected chi connectivity index (χ2v) is 5.47. The van der Waals surface area contributed by atoms with Gasteiger partial charge in [-0.2, -0.15) is 0 Å². The molecule has 122 valence electrons. The molecule has 0 aliphatic heterocycles. The van der Waals surface area contributed by atoms with E-state index in [1.165, 1.54) is 18.3 Å². The summed E-state index contributed by atoms with van der Waals surface area (Å²) >= 11 is 3.38. The molecule has 24 heavy (non-hydrogen) atoms. The number of nitro groups is 1. The maximum atomic E-state index is 10.7. The highest BCUT2D eigenvalue weighted by Crippen LogP contribution is 2.25. The second-order valence-electron chi connectivity index (χ2n) is 4.62. The van der Waals surface area contributed by atoms with E-state index in [0.29, 0.717) is 11.3 Å². The lowest BCUT2D eigenvalue weighted by Crippen LogP contribution is -1.95. The van der Waals surface area contributed by atoms with Gasteiger partial charge in [0.1, 0.15) is 19.0 Å². The second kappa shape index (κ2) is 8.70. The van der Waals surface area contributed by atoms with Gasteiger partial charge in [-0.3, -0.25) is 10.1 Å². The number of halogens is 1. The zero-order valence-electron chi connectivity index (χ0n) is 12.5. The summed E-state index contributed by atoms with van der Waals surface area (Å²) in [6.07, 6.45) is 6.68. The highest BCUT2D eigenvalue weighted by Gasteiger charge is 2.05. The first-order valence-electron chi connectivity index (χ1n) is 6.84. The molecule has 0 unspecified atom stereocenters. The number of benzene rings is 2. The molecule has 0 saturated heterocycles. The molecule has 0 heterocycles. The lowest BCUT2D eigenvalue weighted by molar-refractivity contribution is -0.384. The monoisotopic (exact) mass is 388 g/mol. The summed E-state index contributed by atoms with van der Waals surface area (Å²) in [5, 5.41) is 14.6. The fourth-order valence-corrected chi connectivity index (χ4v) is 2.31. The van der Waals surface area contributed by atoms with Crippen LogP contribution < -0.4 is 4.74 Å². The van der Waals surface area contributed by atoms with Crippen molar-refractivity contribution in [2.75, 3.05) is 6.61 Å². The Morgan fingerprint density at radius 1 is 1.33 bits per heavy atom. The van der Waals surface area contributed by atoms with E-state index in [0.717, 1.165) is 10.0 Å². The summed E-state index contributed by atoms with van der Waals surface area (Å²) < 4.78 is 6.09. The molecule has 0 amide bonds. The molecule has 0 bridgehead atoms. The van der Waals surface area contributed by atoms with Gasteiger partial charge in [-0.1, -0.05) is 23.2 Å². The summed E-state index contributed by atoms with van der Waals surface area (Å²) in [5.41, 5.74) is 1.49. The fourth-order valence-electron chi connectivity index (χ4n) is 1.80. The smallest absolute Gasteiger partial charge is 0.269 e. The molecule has 2 aromatic carbocycles. The van der Waals surface area contributed by atoms with Gasteiger partial charge in [-0.15, -0.1) is 6.42 Å². The van der Waals surface area contributed by atoms with Crippen molar-refractivity contribution in [1.82, 2.24) is 0 Å². The predicted octanol–water partition coefficient (Wildman–Crippen LogP) is 3.92. The van der Waals surface area contributed by atoms with Gasteiger partial charge in [0.2, 0.25) is 0 Å². The number of nitrogens with zero attached hydrogens (tertiary/aromatic N) is 2. The Morgan fingerprint density at radius 2 is 2.17 bits per heavy atom. The summed E-state index contributed by atoms with van der Waals surface area (Å²) in [6, 6.07) is 11.6. The van der Waals surface area contributed by atoms with Crippen molar-refractivity contribution >= 4 is 27.8 Å². The standard InChI is InChI=1S/C17H13BrN2O4/c1-2-8-23-17-7-6-13(10-16(17)18)11-19-24-12-14-4-3-5-15(9-14)20(21)22/h1,3-7,9-11H,8,12H2/b19-11-. The number of hydrogen-bond acceptors (Lipinski definition) is 5. The Morgan fingerprint density at radius 3 is 2.88 bits per heavy atom. The van der Waals surface area contributed by atoms with E-state index in [4.69, 9.17) is 16.0 Å². The van der Waals surface area contributed by atoms with E-state index in [1.54, 1.807) is 24.3 Å². The van der Waals surface area contributed by atoms with Crippen LogP contribution in [0.2, 0.25) is 0 Å². The Labute approximate surface area is 147 Å². The summed E-state index contributed by atoms with van der Waals surface area (Å²) in [5.74, 6) is 3.04. The normalized spacial score (nSPS) is 10.3. The van der Waals surface area contributed by atoms with Crippen LogP contribution in [-0.2, 0) is 11.4 Å². The van der Waals surface area contributed by atoms with Crippen molar-refractivity contribution in [3.63, 3.8) is 0 Å². The van der Waals surface area contributed by atoms with Gasteiger partial charge < -0.3 is 9.57 Å². The first-order chi connectivity index (χ1) is 11.6. The first kappa shape index (κ1) is 17.5. The van der Waals surface area contributed by atoms with Crippen molar-refractivity contribution in [3.8, 4) is 18.1 Å². The highest BCUT2D eigenvalue weighted by molar-refractivity contribution is 9.10. The number of terminal acetylenes is 1. The van der Waals surface area contributed by atoms with Crippen LogP contribution in [0.4, 0.5) is 5.69 Å². The van der Waals surface area contributed by atoms with E-state index < -0.39 is 4.92 Å². The van der Waals surface area contributed by atoms with Crippen molar-refractivity contribution in [1.29, 1.82) is 0 Å². The molecule has 0 atom stereocenters. The summed E-state index contributed by atoms with van der Waals surface area (Å²) in [4.78, 5) is 15.4. The SMILES string of the molecule is C#CCOc1ccc(/C=N\OCc2cccc([N+](=O)[O-])c2)cc1Br. The summed E-state index contributed by atoms with van der Waals surface area (Å²) in [6.45, 7) is 0.334. The van der Waals surface area contributed by atoms with Gasteiger partial charge in [0, 0.05) is 12.1 Å². The lowest BCUT2D eigenvalue weighted by atomic mass is 10.2. The van der Waals surface area contributed by atoms with Crippen LogP contribution in [0.25, 0.3) is 0 Å². The number of oxime groups is 1. The lowest BCUT2D eigenvalue weighted by Gasteiger charge is -2.05. The van der Waals surface area contributed by atoms with E-state index in [-0.39, 0.29) is 18.9 Å². The summed E-state index contributed by atoms with van der Waals surface area (Å²) in [7, 11) is 0. The topological polar surface area (TPSA) is 74.0 Å². The van der Waals surface area contributed by atoms with Crippen LogP contribution in [0.15, 0.2) is 52.1 Å². The van der Waals surface area contributed by atoms with Gasteiger partial charge in [0.05, 0.1) is 15.6 Å². The number of rotatable bonds is 7. The minimum Gasteiger partial charge on any atom is -0.480 e. The number of nitro benzene ring substituents is 1. The van der Waals surface area contributed by atoms with Crippen LogP contribution >= 0.6 is 15.9 Å². The molecule has 0 fully saturated rings. The Hall–Kier alpha value is -2.85. The molecule has 2 aromatic rings. The van der Waals surface area contributed by atoms with E-state index in [2.05, 4.69) is 27.0 Å². The molecule has 0 saturated carbocycles. The van der Waals surface area contributed by atoms with Crippen LogP contribution in [0.3, 0.4) is 0 Å². The Bertz CT molecular complexity index is 799. The highest BCUT2D eigenvalue weighted by atomic mass is 79.9. The van der Waals surface area contributed by atoms with Crippen molar-refractivity contribution in [2.45, 2.75) is 6.61 Å². The molecule has 0 aliphatic rings. The van der Waals surface area contributed by atoms with Crippen molar-refractivity contribution < 1.29 is 14.5 Å². The average molecular weight is 389 g/mol. The number of ether oxygens (including phenoxy) is 1. The van der Waals surface area contributed by atoms with Gasteiger partial charge in [-0.25, -0.2) is 0 Å². The third-order valence-electron chi connectivity index (χ3n) is 2.90. The fraction of sp³-hybridized carbons (Fsp3) is 0.118. The van der Waals surface area contributed by atoms with E-state index >= 15 is 0 Å². The molecule has 0 spiro atoms. The molecular weight excluding hydrogens is 376 g/mol. The van der Waals surface area contributed by atoms with Crippen LogP contribution in [-0.4, -0.2) is 17.7 Å². The average Bonchev–Trinajstić information content (AvgIpc) is 2.58. The number of hydrogen-bond donors (Lipinski definition) is 0.